The van der Waals surface area contributed by atoms with Gasteiger partial charge >= 0.3 is 6.03 Å². The van der Waals surface area contributed by atoms with Crippen LogP contribution in [-0.4, -0.2) is 95.9 Å². The van der Waals surface area contributed by atoms with Crippen molar-refractivity contribution in [1.29, 1.82) is 0 Å². The summed E-state index contributed by atoms with van der Waals surface area (Å²) in [6.45, 7) is 3.24. The van der Waals surface area contributed by atoms with Crippen LogP contribution in [0.4, 0.5) is 4.79 Å². The maximum atomic E-state index is 13.2. The number of imide groups is 2. The molecule has 8 rings (SSSR count). The number of pyridine rings is 1. The number of fused-ring (bicyclic) bond motifs is 2. The molecule has 0 bridgehead atoms. The van der Waals surface area contributed by atoms with E-state index in [0.717, 1.165) is 59.5 Å². The molecule has 1 aromatic heterocycles. The Kier molecular flexibility index (Phi) is 9.44. The zero-order valence-electron chi connectivity index (χ0n) is 32.0. The summed E-state index contributed by atoms with van der Waals surface area (Å²) in [5, 5.41) is 4.88. The number of nitrogens with zero attached hydrogens (tertiary/aromatic N) is 4. The lowest BCUT2D eigenvalue weighted by molar-refractivity contribution is -0.136. The molecule has 1 aliphatic carbocycles. The van der Waals surface area contributed by atoms with Crippen LogP contribution < -0.4 is 25.7 Å². The minimum Gasteiger partial charge on any atom is -0.496 e. The van der Waals surface area contributed by atoms with Crippen LogP contribution in [0.1, 0.15) is 75.1 Å². The third kappa shape index (κ3) is 6.39. The summed E-state index contributed by atoms with van der Waals surface area (Å²) in [7, 11) is 6.63. The second-order valence-electron chi connectivity index (χ2n) is 15.5. The molecule has 6 amide bonds. The SMILES string of the molecule is CNC(=O)N1CCc2c(-c3cc(OC)c(CN4CCC5(CC(C#Cc6ccc7c(c6)C(=O)N(C6CCC(=O)NC6=O)C7=O)C5)C4)c(OC)c3)cn(C)c(=O)c2C1. The van der Waals surface area contributed by atoms with Gasteiger partial charge in [0.15, 0.2) is 0 Å². The largest absolute Gasteiger partial charge is 0.496 e. The summed E-state index contributed by atoms with van der Waals surface area (Å²) in [6, 6.07) is 7.77. The maximum absolute atomic E-state index is 13.2. The van der Waals surface area contributed by atoms with Gasteiger partial charge in [-0.15, -0.1) is 0 Å². The molecule has 290 valence electrons. The predicted octanol–water partition coefficient (Wildman–Crippen LogP) is 2.82. The van der Waals surface area contributed by atoms with Crippen molar-refractivity contribution >= 4 is 29.7 Å². The van der Waals surface area contributed by atoms with Gasteiger partial charge in [-0.2, -0.15) is 0 Å². The predicted molar refractivity (Wildman–Crippen MR) is 204 cm³/mol. The molecule has 1 unspecified atom stereocenters. The van der Waals surface area contributed by atoms with Gasteiger partial charge in [0, 0.05) is 69.0 Å². The smallest absolute Gasteiger partial charge is 0.317 e. The summed E-state index contributed by atoms with van der Waals surface area (Å²) in [4.78, 5) is 80.9. The normalized spacial score (nSPS) is 22.9. The second kappa shape index (κ2) is 14.3. The minimum absolute atomic E-state index is 0.0703. The third-order valence-electron chi connectivity index (χ3n) is 12.1. The quantitative estimate of drug-likeness (QED) is 0.285. The summed E-state index contributed by atoms with van der Waals surface area (Å²) in [6.07, 6.45) is 5.57. The van der Waals surface area contributed by atoms with Crippen molar-refractivity contribution in [3.8, 4) is 34.5 Å². The number of urea groups is 1. The molecular weight excluding hydrogens is 716 g/mol. The monoisotopic (exact) mass is 760 g/mol. The molecule has 5 heterocycles. The lowest BCUT2D eigenvalue weighted by atomic mass is 9.62. The highest BCUT2D eigenvalue weighted by molar-refractivity contribution is 6.23. The molecule has 14 nitrogen and oxygen atoms in total. The number of piperidine rings is 1. The van der Waals surface area contributed by atoms with Crippen molar-refractivity contribution < 1.29 is 33.4 Å². The number of aryl methyl sites for hydroxylation is 1. The molecular formula is C42H44N6O8. The topological polar surface area (TPSA) is 160 Å². The average molecular weight is 761 g/mol. The van der Waals surface area contributed by atoms with Crippen molar-refractivity contribution in [1.82, 2.24) is 29.9 Å². The first-order valence-electron chi connectivity index (χ1n) is 19.0. The molecule has 1 saturated carbocycles. The lowest BCUT2D eigenvalue weighted by Gasteiger charge is -2.43. The van der Waals surface area contributed by atoms with Gasteiger partial charge in [-0.25, -0.2) is 4.79 Å². The Balaban J connectivity index is 0.936. The lowest BCUT2D eigenvalue weighted by Crippen LogP contribution is -2.54. The van der Waals surface area contributed by atoms with Crippen LogP contribution >= 0.6 is 0 Å². The van der Waals surface area contributed by atoms with E-state index in [0.29, 0.717) is 42.1 Å². The fourth-order valence-electron chi connectivity index (χ4n) is 9.22. The maximum Gasteiger partial charge on any atom is 0.317 e. The number of methoxy groups -OCH3 is 2. The fraction of sp³-hybridized carbons (Fsp3) is 0.429. The molecule has 2 aromatic carbocycles. The van der Waals surface area contributed by atoms with Gasteiger partial charge in [-0.3, -0.25) is 39.1 Å². The summed E-state index contributed by atoms with van der Waals surface area (Å²) < 4.78 is 13.5. The van der Waals surface area contributed by atoms with E-state index in [1.807, 2.05) is 18.3 Å². The zero-order valence-corrected chi connectivity index (χ0v) is 32.0. The van der Waals surface area contributed by atoms with Crippen molar-refractivity contribution in [2.75, 3.05) is 40.9 Å². The number of amides is 6. The van der Waals surface area contributed by atoms with Crippen molar-refractivity contribution in [3.63, 3.8) is 0 Å². The molecule has 3 aromatic rings. The van der Waals surface area contributed by atoms with Crippen LogP contribution in [0.5, 0.6) is 11.5 Å². The highest BCUT2D eigenvalue weighted by Crippen LogP contribution is 2.52. The van der Waals surface area contributed by atoms with Crippen molar-refractivity contribution in [2.24, 2.45) is 18.4 Å². The number of carbonyl (C=O) groups is 5. The Labute approximate surface area is 324 Å². The number of benzene rings is 2. The van der Waals surface area contributed by atoms with Gasteiger partial charge in [-0.05, 0) is 85.5 Å². The Bertz CT molecular complexity index is 2310. The van der Waals surface area contributed by atoms with E-state index in [2.05, 4.69) is 27.4 Å². The molecule has 0 radical (unpaired) electrons. The number of rotatable bonds is 6. The molecule has 4 aliphatic heterocycles. The van der Waals surface area contributed by atoms with E-state index < -0.39 is 29.7 Å². The van der Waals surface area contributed by atoms with Crippen molar-refractivity contribution in [2.45, 2.75) is 57.7 Å². The molecule has 2 saturated heterocycles. The van der Waals surface area contributed by atoms with Crippen LogP contribution in [0.2, 0.25) is 0 Å². The summed E-state index contributed by atoms with van der Waals surface area (Å²) in [5.41, 5.74) is 5.46. The average Bonchev–Trinajstić information content (AvgIpc) is 3.72. The van der Waals surface area contributed by atoms with Crippen LogP contribution in [0, 0.1) is 23.2 Å². The van der Waals surface area contributed by atoms with Crippen LogP contribution in [0.3, 0.4) is 0 Å². The van der Waals surface area contributed by atoms with Gasteiger partial charge in [0.2, 0.25) is 11.8 Å². The molecule has 1 spiro atoms. The van der Waals surface area contributed by atoms with Crippen LogP contribution in [-0.2, 0) is 36.1 Å². The number of carbonyl (C=O) groups excluding carboxylic acids is 5. The fourth-order valence-corrected chi connectivity index (χ4v) is 9.22. The molecule has 3 fully saturated rings. The first-order chi connectivity index (χ1) is 26.9. The first-order valence-corrected chi connectivity index (χ1v) is 19.0. The van der Waals surface area contributed by atoms with E-state index >= 15 is 0 Å². The number of aromatic nitrogens is 1. The van der Waals surface area contributed by atoms with E-state index in [4.69, 9.17) is 9.47 Å². The van der Waals surface area contributed by atoms with Crippen LogP contribution in [0.25, 0.3) is 11.1 Å². The van der Waals surface area contributed by atoms with E-state index in [1.54, 1.807) is 56.0 Å². The summed E-state index contributed by atoms with van der Waals surface area (Å²) in [5.74, 6) is 6.12. The van der Waals surface area contributed by atoms with E-state index in [1.165, 1.54) is 0 Å². The number of hydrogen-bond donors (Lipinski definition) is 2. The Morgan fingerprint density at radius 3 is 2.38 bits per heavy atom. The van der Waals surface area contributed by atoms with Gasteiger partial charge < -0.3 is 24.3 Å². The third-order valence-corrected chi connectivity index (χ3v) is 12.1. The molecule has 14 heteroatoms. The number of nitrogens with one attached hydrogen (secondary N) is 2. The van der Waals surface area contributed by atoms with E-state index in [-0.39, 0.29) is 53.4 Å². The number of ether oxygens (including phenoxy) is 2. The minimum atomic E-state index is -1.00. The highest BCUT2D eigenvalue weighted by atomic mass is 16.5. The molecule has 2 N–H and O–H groups in total. The van der Waals surface area contributed by atoms with Gasteiger partial charge in [0.1, 0.15) is 17.5 Å². The zero-order chi connectivity index (χ0) is 39.5. The highest BCUT2D eigenvalue weighted by Gasteiger charge is 2.48. The van der Waals surface area contributed by atoms with Crippen LogP contribution in [0.15, 0.2) is 41.3 Å². The number of likely N-dealkylation sites (tertiary alicyclic amines) is 1. The second-order valence-corrected chi connectivity index (χ2v) is 15.5. The Hall–Kier alpha value is -5.94. The van der Waals surface area contributed by atoms with Gasteiger partial charge in [0.05, 0.1) is 37.5 Å². The van der Waals surface area contributed by atoms with Gasteiger partial charge in [0.25, 0.3) is 17.4 Å². The standard InChI is InChI=1S/C42H44N6O8/c1-43-41(54)47-13-11-27-30(20-45(2)38(51)31(27)22-47)26-16-34(55-3)32(35(17-26)56-4)21-46-14-12-42(23-46)18-25(19-42)6-5-24-7-8-28-29(15-24)40(53)48(39(28)52)33-9-10-36(49)44-37(33)50/h7-8,15-17,20,25,33H,9-14,18-19,21-23H2,1-4H3,(H,43,54)(H,44,49,50). The molecule has 56 heavy (non-hydrogen) atoms. The van der Waals surface area contributed by atoms with E-state index in [9.17, 15) is 28.8 Å². The number of hydrogen-bond acceptors (Lipinski definition) is 9. The molecule has 1 atom stereocenters. The Morgan fingerprint density at radius 1 is 0.946 bits per heavy atom. The van der Waals surface area contributed by atoms with Gasteiger partial charge in [-0.1, -0.05) is 11.8 Å². The van der Waals surface area contributed by atoms with Crippen molar-refractivity contribution in [3.05, 3.63) is 80.3 Å². The molecule has 5 aliphatic rings. The summed E-state index contributed by atoms with van der Waals surface area (Å²) >= 11 is 0. The Morgan fingerprint density at radius 2 is 1.68 bits per heavy atom. The first kappa shape index (κ1) is 37.0.